The number of nitrogens with zero attached hydrogens (tertiary/aromatic N) is 2. The SMILES string of the molecule is CC#CC(=O)Nc1cc2c(Nc3cccc(Br)c3)ncnc2cc1OCCCN. The lowest BCUT2D eigenvalue weighted by atomic mass is 10.1. The number of aromatic nitrogens is 2. The Morgan fingerprint density at radius 3 is 2.90 bits per heavy atom. The molecule has 0 spiro atoms. The summed E-state index contributed by atoms with van der Waals surface area (Å²) in [6.45, 7) is 2.55. The van der Waals surface area contributed by atoms with Crippen LogP contribution >= 0.6 is 15.9 Å². The van der Waals surface area contributed by atoms with Gasteiger partial charge in [0.05, 0.1) is 17.8 Å². The maximum atomic E-state index is 12.0. The highest BCUT2D eigenvalue weighted by atomic mass is 79.9. The van der Waals surface area contributed by atoms with Gasteiger partial charge in [-0.15, -0.1) is 0 Å². The molecule has 29 heavy (non-hydrogen) atoms. The summed E-state index contributed by atoms with van der Waals surface area (Å²) in [5.41, 5.74) is 7.59. The molecule has 0 aliphatic carbocycles. The topological polar surface area (TPSA) is 102 Å². The van der Waals surface area contributed by atoms with Gasteiger partial charge in [-0.1, -0.05) is 27.9 Å². The van der Waals surface area contributed by atoms with Gasteiger partial charge in [0, 0.05) is 21.6 Å². The van der Waals surface area contributed by atoms with Crippen molar-refractivity contribution in [3.63, 3.8) is 0 Å². The average molecular weight is 454 g/mol. The number of fused-ring (bicyclic) bond motifs is 1. The molecule has 148 valence electrons. The normalized spacial score (nSPS) is 10.2. The number of ether oxygens (including phenoxy) is 1. The minimum Gasteiger partial charge on any atom is -0.491 e. The maximum absolute atomic E-state index is 12.0. The van der Waals surface area contributed by atoms with Crippen molar-refractivity contribution < 1.29 is 9.53 Å². The summed E-state index contributed by atoms with van der Waals surface area (Å²) < 4.78 is 6.76. The second kappa shape index (κ2) is 9.87. The van der Waals surface area contributed by atoms with Crippen LogP contribution in [0.1, 0.15) is 13.3 Å². The third kappa shape index (κ3) is 5.44. The van der Waals surface area contributed by atoms with Crippen LogP contribution in [0.5, 0.6) is 5.75 Å². The quantitative estimate of drug-likeness (QED) is 0.371. The first-order valence-electron chi connectivity index (χ1n) is 8.98. The monoisotopic (exact) mass is 453 g/mol. The predicted octanol–water partition coefficient (Wildman–Crippen LogP) is 3.83. The summed E-state index contributed by atoms with van der Waals surface area (Å²) in [7, 11) is 0. The second-order valence-corrected chi connectivity index (χ2v) is 6.96. The molecule has 8 heteroatoms. The highest BCUT2D eigenvalue weighted by molar-refractivity contribution is 9.10. The van der Waals surface area contributed by atoms with Gasteiger partial charge in [-0.05, 0) is 50.1 Å². The fraction of sp³-hybridized carbons (Fsp3) is 0.190. The predicted molar refractivity (Wildman–Crippen MR) is 118 cm³/mol. The van der Waals surface area contributed by atoms with Gasteiger partial charge in [-0.25, -0.2) is 9.97 Å². The van der Waals surface area contributed by atoms with Crippen LogP contribution in [0.25, 0.3) is 10.9 Å². The van der Waals surface area contributed by atoms with Crippen molar-refractivity contribution in [2.45, 2.75) is 13.3 Å². The van der Waals surface area contributed by atoms with Crippen LogP contribution in [0.2, 0.25) is 0 Å². The van der Waals surface area contributed by atoms with E-state index in [-0.39, 0.29) is 0 Å². The first-order valence-corrected chi connectivity index (χ1v) is 9.78. The van der Waals surface area contributed by atoms with Gasteiger partial charge < -0.3 is 21.1 Å². The summed E-state index contributed by atoms with van der Waals surface area (Å²) in [4.78, 5) is 20.7. The van der Waals surface area contributed by atoms with Crippen molar-refractivity contribution in [3.05, 3.63) is 47.2 Å². The van der Waals surface area contributed by atoms with Crippen LogP contribution in [-0.2, 0) is 4.79 Å². The second-order valence-electron chi connectivity index (χ2n) is 6.04. The third-order valence-corrected chi connectivity index (χ3v) is 4.41. The smallest absolute Gasteiger partial charge is 0.300 e. The van der Waals surface area contributed by atoms with E-state index in [0.717, 1.165) is 15.5 Å². The molecule has 0 unspecified atom stereocenters. The first kappa shape index (κ1) is 20.6. The van der Waals surface area contributed by atoms with Crippen molar-refractivity contribution in [3.8, 4) is 17.6 Å². The molecule has 3 aromatic rings. The van der Waals surface area contributed by atoms with Gasteiger partial charge in [0.15, 0.2) is 0 Å². The molecule has 0 bridgehead atoms. The van der Waals surface area contributed by atoms with Crippen LogP contribution in [-0.4, -0.2) is 29.0 Å². The Bertz CT molecular complexity index is 1090. The lowest BCUT2D eigenvalue weighted by molar-refractivity contribution is -0.111. The van der Waals surface area contributed by atoms with E-state index >= 15 is 0 Å². The number of carbonyl (C=O) groups is 1. The van der Waals surface area contributed by atoms with Gasteiger partial charge in [-0.2, -0.15) is 0 Å². The molecule has 1 amide bonds. The molecule has 0 aliphatic heterocycles. The molecular formula is C21H20BrN5O2. The van der Waals surface area contributed by atoms with Gasteiger partial charge in [0.2, 0.25) is 0 Å². The number of nitrogens with one attached hydrogen (secondary N) is 2. The number of hydrogen-bond acceptors (Lipinski definition) is 6. The molecule has 1 aromatic heterocycles. The highest BCUT2D eigenvalue weighted by Gasteiger charge is 2.13. The van der Waals surface area contributed by atoms with Crippen molar-refractivity contribution in [2.24, 2.45) is 5.73 Å². The van der Waals surface area contributed by atoms with Crippen molar-refractivity contribution in [2.75, 3.05) is 23.8 Å². The summed E-state index contributed by atoms with van der Waals surface area (Å²) in [5, 5.41) is 6.79. The largest absolute Gasteiger partial charge is 0.491 e. The molecule has 1 heterocycles. The third-order valence-electron chi connectivity index (χ3n) is 3.92. The minimum absolute atomic E-state index is 0.422. The zero-order chi connectivity index (χ0) is 20.6. The van der Waals surface area contributed by atoms with Gasteiger partial charge in [0.25, 0.3) is 5.91 Å². The van der Waals surface area contributed by atoms with Crippen LogP contribution in [0, 0.1) is 11.8 Å². The number of halogens is 1. The summed E-state index contributed by atoms with van der Waals surface area (Å²) in [5.74, 6) is 5.75. The van der Waals surface area contributed by atoms with Gasteiger partial charge in [-0.3, -0.25) is 4.79 Å². The maximum Gasteiger partial charge on any atom is 0.300 e. The first-order chi connectivity index (χ1) is 14.1. The fourth-order valence-electron chi connectivity index (χ4n) is 2.64. The van der Waals surface area contributed by atoms with E-state index < -0.39 is 5.91 Å². The van der Waals surface area contributed by atoms with E-state index in [1.165, 1.54) is 6.33 Å². The number of amides is 1. The van der Waals surface area contributed by atoms with E-state index in [0.29, 0.717) is 42.3 Å². The Morgan fingerprint density at radius 2 is 2.14 bits per heavy atom. The molecule has 0 radical (unpaired) electrons. The Labute approximate surface area is 177 Å². The number of benzene rings is 2. The Morgan fingerprint density at radius 1 is 1.28 bits per heavy atom. The molecular weight excluding hydrogens is 434 g/mol. The van der Waals surface area contributed by atoms with Crippen LogP contribution in [0.4, 0.5) is 17.2 Å². The Kier molecular flexibility index (Phi) is 7.00. The molecule has 4 N–H and O–H groups in total. The summed E-state index contributed by atoms with van der Waals surface area (Å²) in [6, 6.07) is 11.3. The van der Waals surface area contributed by atoms with Crippen LogP contribution < -0.4 is 21.1 Å². The molecule has 0 saturated heterocycles. The van der Waals surface area contributed by atoms with E-state index in [1.54, 1.807) is 19.1 Å². The molecule has 7 nitrogen and oxygen atoms in total. The molecule has 0 saturated carbocycles. The van der Waals surface area contributed by atoms with E-state index in [9.17, 15) is 4.79 Å². The number of rotatable bonds is 7. The number of carbonyl (C=O) groups excluding carboxylic acids is 1. The van der Waals surface area contributed by atoms with Crippen molar-refractivity contribution in [1.82, 2.24) is 9.97 Å². The Hall–Kier alpha value is -3.15. The van der Waals surface area contributed by atoms with Gasteiger partial charge >= 0.3 is 0 Å². The zero-order valence-corrected chi connectivity index (χ0v) is 17.4. The van der Waals surface area contributed by atoms with Crippen molar-refractivity contribution >= 4 is 49.9 Å². The number of hydrogen-bond donors (Lipinski definition) is 3. The van der Waals surface area contributed by atoms with E-state index in [2.05, 4.69) is 48.4 Å². The average Bonchev–Trinajstić information content (AvgIpc) is 2.69. The standard InChI is InChI=1S/C21H20BrN5O2/c1-2-5-20(28)27-18-11-16-17(12-19(18)29-9-4-8-23)24-13-25-21(16)26-15-7-3-6-14(22)10-15/h3,6-7,10-13H,4,8-9,23H2,1H3,(H,27,28)(H,24,25,26). The van der Waals surface area contributed by atoms with Crippen LogP contribution in [0.15, 0.2) is 47.2 Å². The molecule has 3 rings (SSSR count). The van der Waals surface area contributed by atoms with Crippen molar-refractivity contribution in [1.29, 1.82) is 0 Å². The number of nitrogens with two attached hydrogens (primary N) is 1. The molecule has 2 aromatic carbocycles. The fourth-order valence-corrected chi connectivity index (χ4v) is 3.04. The molecule has 0 atom stereocenters. The lowest BCUT2D eigenvalue weighted by Gasteiger charge is -2.14. The summed E-state index contributed by atoms with van der Waals surface area (Å²) >= 11 is 3.46. The highest BCUT2D eigenvalue weighted by Crippen LogP contribution is 2.33. The van der Waals surface area contributed by atoms with E-state index in [4.69, 9.17) is 10.5 Å². The summed E-state index contributed by atoms with van der Waals surface area (Å²) in [6.07, 6.45) is 2.17. The van der Waals surface area contributed by atoms with Crippen LogP contribution in [0.3, 0.4) is 0 Å². The zero-order valence-electron chi connectivity index (χ0n) is 15.8. The molecule has 0 aliphatic rings. The lowest BCUT2D eigenvalue weighted by Crippen LogP contribution is -2.12. The van der Waals surface area contributed by atoms with Gasteiger partial charge in [0.1, 0.15) is 17.9 Å². The number of anilines is 3. The Balaban J connectivity index is 2.02. The minimum atomic E-state index is -0.422. The van der Waals surface area contributed by atoms with E-state index in [1.807, 2.05) is 24.3 Å². The molecule has 0 fully saturated rings.